The SMILES string of the molecule is COc1ccc2c(ccn2-c2ccc(Br)cc2Cl)c1. The molecule has 2 nitrogen and oxygen atoms in total. The van der Waals surface area contributed by atoms with E-state index in [4.69, 9.17) is 16.3 Å². The van der Waals surface area contributed by atoms with Crippen molar-refractivity contribution < 1.29 is 4.74 Å². The minimum atomic E-state index is 0.711. The number of fused-ring (bicyclic) bond motifs is 1. The Labute approximate surface area is 124 Å². The summed E-state index contributed by atoms with van der Waals surface area (Å²) in [5.74, 6) is 0.854. The van der Waals surface area contributed by atoms with Crippen LogP contribution in [0.3, 0.4) is 0 Å². The Morgan fingerprint density at radius 3 is 2.68 bits per heavy atom. The first-order valence-corrected chi connectivity index (χ1v) is 6.96. The molecule has 3 aromatic rings. The van der Waals surface area contributed by atoms with E-state index in [1.165, 1.54) is 0 Å². The Kier molecular flexibility index (Phi) is 3.25. The predicted molar refractivity (Wildman–Crippen MR) is 82.5 cm³/mol. The van der Waals surface area contributed by atoms with E-state index in [0.29, 0.717) is 5.02 Å². The molecule has 0 amide bonds. The molecule has 0 unspecified atom stereocenters. The molecule has 1 heterocycles. The number of hydrogen-bond donors (Lipinski definition) is 0. The van der Waals surface area contributed by atoms with Crippen LogP contribution in [-0.2, 0) is 0 Å². The highest BCUT2D eigenvalue weighted by atomic mass is 79.9. The third-order valence-electron chi connectivity index (χ3n) is 3.07. The molecule has 0 aliphatic carbocycles. The van der Waals surface area contributed by atoms with E-state index >= 15 is 0 Å². The fourth-order valence-electron chi connectivity index (χ4n) is 2.13. The van der Waals surface area contributed by atoms with Crippen molar-refractivity contribution in [3.8, 4) is 11.4 Å². The second-order valence-corrected chi connectivity index (χ2v) is 5.53. The third kappa shape index (κ3) is 2.24. The molecule has 0 aliphatic rings. The molecule has 0 saturated carbocycles. The lowest BCUT2D eigenvalue weighted by atomic mass is 10.2. The summed E-state index contributed by atoms with van der Waals surface area (Å²) in [7, 11) is 1.67. The molecule has 0 spiro atoms. The van der Waals surface area contributed by atoms with Crippen LogP contribution in [0.15, 0.2) is 53.1 Å². The number of aromatic nitrogens is 1. The zero-order valence-corrected chi connectivity index (χ0v) is 12.6. The summed E-state index contributed by atoms with van der Waals surface area (Å²) in [6, 6.07) is 13.9. The van der Waals surface area contributed by atoms with Crippen molar-refractivity contribution in [1.82, 2.24) is 4.57 Å². The van der Waals surface area contributed by atoms with Crippen molar-refractivity contribution in [3.05, 3.63) is 58.2 Å². The van der Waals surface area contributed by atoms with Crippen LogP contribution < -0.4 is 4.74 Å². The molecule has 0 aliphatic heterocycles. The molecule has 4 heteroatoms. The van der Waals surface area contributed by atoms with E-state index in [9.17, 15) is 0 Å². The van der Waals surface area contributed by atoms with Gasteiger partial charge in [-0.05, 0) is 42.5 Å². The lowest BCUT2D eigenvalue weighted by Gasteiger charge is -2.08. The van der Waals surface area contributed by atoms with Gasteiger partial charge in [-0.1, -0.05) is 27.5 Å². The molecular weight excluding hydrogens is 326 g/mol. The van der Waals surface area contributed by atoms with E-state index in [1.807, 2.05) is 42.6 Å². The van der Waals surface area contributed by atoms with Gasteiger partial charge in [-0.15, -0.1) is 0 Å². The van der Waals surface area contributed by atoms with Crippen molar-refractivity contribution in [2.75, 3.05) is 7.11 Å². The van der Waals surface area contributed by atoms with Gasteiger partial charge in [-0.3, -0.25) is 0 Å². The van der Waals surface area contributed by atoms with Crippen molar-refractivity contribution in [2.45, 2.75) is 0 Å². The zero-order chi connectivity index (χ0) is 13.4. The zero-order valence-electron chi connectivity index (χ0n) is 10.2. The number of benzene rings is 2. The second-order valence-electron chi connectivity index (χ2n) is 4.21. The lowest BCUT2D eigenvalue weighted by molar-refractivity contribution is 0.415. The number of methoxy groups -OCH3 is 1. The summed E-state index contributed by atoms with van der Waals surface area (Å²) in [4.78, 5) is 0. The first-order valence-electron chi connectivity index (χ1n) is 5.79. The summed E-state index contributed by atoms with van der Waals surface area (Å²) in [5.41, 5.74) is 2.06. The summed E-state index contributed by atoms with van der Waals surface area (Å²) in [6.07, 6.45) is 2.01. The second kappa shape index (κ2) is 4.91. The third-order valence-corrected chi connectivity index (χ3v) is 3.86. The molecule has 2 aromatic carbocycles. The minimum absolute atomic E-state index is 0.711. The van der Waals surface area contributed by atoms with Crippen molar-refractivity contribution >= 4 is 38.4 Å². The quantitative estimate of drug-likeness (QED) is 0.638. The summed E-state index contributed by atoms with van der Waals surface area (Å²) in [5, 5.41) is 1.83. The molecule has 0 saturated heterocycles. The average molecular weight is 337 g/mol. The van der Waals surface area contributed by atoms with Gasteiger partial charge >= 0.3 is 0 Å². The number of halogens is 2. The van der Waals surface area contributed by atoms with Crippen molar-refractivity contribution in [2.24, 2.45) is 0 Å². The molecule has 0 N–H and O–H groups in total. The summed E-state index contributed by atoms with van der Waals surface area (Å²) >= 11 is 9.72. The Balaban J connectivity index is 2.20. The molecule has 0 bridgehead atoms. The van der Waals surface area contributed by atoms with Crippen LogP contribution in [0.5, 0.6) is 5.75 Å². The largest absolute Gasteiger partial charge is 0.497 e. The Bertz CT molecular complexity index is 751. The monoisotopic (exact) mass is 335 g/mol. The number of ether oxygens (including phenoxy) is 1. The maximum absolute atomic E-state index is 6.30. The first kappa shape index (κ1) is 12.6. The van der Waals surface area contributed by atoms with Crippen LogP contribution in [0.1, 0.15) is 0 Å². The van der Waals surface area contributed by atoms with E-state index in [0.717, 1.165) is 26.8 Å². The van der Waals surface area contributed by atoms with E-state index in [1.54, 1.807) is 7.11 Å². The number of rotatable bonds is 2. The van der Waals surface area contributed by atoms with Gasteiger partial charge in [0.15, 0.2) is 0 Å². The van der Waals surface area contributed by atoms with Crippen LogP contribution in [0.4, 0.5) is 0 Å². The maximum Gasteiger partial charge on any atom is 0.119 e. The average Bonchev–Trinajstić information content (AvgIpc) is 2.81. The normalized spacial score (nSPS) is 10.9. The molecule has 0 fully saturated rings. The van der Waals surface area contributed by atoms with Gasteiger partial charge in [0.25, 0.3) is 0 Å². The maximum atomic E-state index is 6.30. The molecule has 3 rings (SSSR count). The molecule has 19 heavy (non-hydrogen) atoms. The fourth-order valence-corrected chi connectivity index (χ4v) is 2.90. The standard InChI is InChI=1S/C15H11BrClNO/c1-19-12-3-5-14-10(8-12)6-7-18(14)15-4-2-11(16)9-13(15)17/h2-9H,1H3. The topological polar surface area (TPSA) is 14.2 Å². The molecular formula is C15H11BrClNO. The van der Waals surface area contributed by atoms with Gasteiger partial charge < -0.3 is 9.30 Å². The highest BCUT2D eigenvalue weighted by Crippen LogP contribution is 2.29. The van der Waals surface area contributed by atoms with Crippen molar-refractivity contribution in [3.63, 3.8) is 0 Å². The Hall–Kier alpha value is -1.45. The van der Waals surface area contributed by atoms with E-state index < -0.39 is 0 Å². The van der Waals surface area contributed by atoms with E-state index in [-0.39, 0.29) is 0 Å². The predicted octanol–water partition coefficient (Wildman–Crippen LogP) is 5.06. The van der Waals surface area contributed by atoms with Gasteiger partial charge in [0.2, 0.25) is 0 Å². The highest BCUT2D eigenvalue weighted by molar-refractivity contribution is 9.10. The summed E-state index contributed by atoms with van der Waals surface area (Å²) < 4.78 is 8.28. The lowest BCUT2D eigenvalue weighted by Crippen LogP contribution is -1.93. The van der Waals surface area contributed by atoms with Gasteiger partial charge in [0, 0.05) is 16.1 Å². The van der Waals surface area contributed by atoms with Gasteiger partial charge in [-0.25, -0.2) is 0 Å². The van der Waals surface area contributed by atoms with Crippen molar-refractivity contribution in [1.29, 1.82) is 0 Å². The molecule has 96 valence electrons. The van der Waals surface area contributed by atoms with Crippen LogP contribution in [-0.4, -0.2) is 11.7 Å². The molecule has 1 aromatic heterocycles. The molecule has 0 atom stereocenters. The number of hydrogen-bond acceptors (Lipinski definition) is 1. The Morgan fingerprint density at radius 1 is 1.11 bits per heavy atom. The Morgan fingerprint density at radius 2 is 1.95 bits per heavy atom. The van der Waals surface area contributed by atoms with Crippen LogP contribution >= 0.6 is 27.5 Å². The first-order chi connectivity index (χ1) is 9.19. The van der Waals surface area contributed by atoms with E-state index in [2.05, 4.69) is 26.6 Å². The van der Waals surface area contributed by atoms with Gasteiger partial charge in [0.1, 0.15) is 5.75 Å². The number of nitrogens with zero attached hydrogens (tertiary/aromatic N) is 1. The highest BCUT2D eigenvalue weighted by Gasteiger charge is 2.07. The van der Waals surface area contributed by atoms with Crippen LogP contribution in [0, 0.1) is 0 Å². The molecule has 0 radical (unpaired) electrons. The van der Waals surface area contributed by atoms with Gasteiger partial charge in [-0.2, -0.15) is 0 Å². The van der Waals surface area contributed by atoms with Crippen LogP contribution in [0.25, 0.3) is 16.6 Å². The van der Waals surface area contributed by atoms with Crippen LogP contribution in [0.2, 0.25) is 5.02 Å². The minimum Gasteiger partial charge on any atom is -0.497 e. The summed E-state index contributed by atoms with van der Waals surface area (Å²) in [6.45, 7) is 0. The fraction of sp³-hybridized carbons (Fsp3) is 0.0667. The van der Waals surface area contributed by atoms with Gasteiger partial charge in [0.05, 0.1) is 23.3 Å². The smallest absolute Gasteiger partial charge is 0.119 e.